The Balaban J connectivity index is 0.00000109. The fourth-order valence-electron chi connectivity index (χ4n) is 2.70. The molecule has 0 saturated heterocycles. The van der Waals surface area contributed by atoms with Crippen LogP contribution in [0, 0.1) is 6.92 Å². The molecular formula is C22H25NO2. The summed E-state index contributed by atoms with van der Waals surface area (Å²) in [6, 6.07) is 18.2. The Bertz CT molecular complexity index is 860. The monoisotopic (exact) mass is 335 g/mol. The second-order valence-corrected chi connectivity index (χ2v) is 5.43. The van der Waals surface area contributed by atoms with Crippen LogP contribution < -0.4 is 0 Å². The first kappa shape index (κ1) is 18.5. The molecule has 130 valence electrons. The molecular weight excluding hydrogens is 310 g/mol. The number of rotatable bonds is 4. The van der Waals surface area contributed by atoms with Gasteiger partial charge in [0.05, 0.1) is 6.61 Å². The molecule has 3 rings (SSSR count). The molecule has 3 aromatic rings. The van der Waals surface area contributed by atoms with E-state index < -0.39 is 0 Å². The number of aromatic amines is 1. The molecule has 0 saturated carbocycles. The van der Waals surface area contributed by atoms with E-state index in [1.807, 2.05) is 70.2 Å². The number of benzene rings is 2. The molecule has 1 heterocycles. The summed E-state index contributed by atoms with van der Waals surface area (Å²) in [7, 11) is 0. The van der Waals surface area contributed by atoms with Crippen molar-refractivity contribution in [3.05, 3.63) is 77.5 Å². The van der Waals surface area contributed by atoms with Gasteiger partial charge in [0.25, 0.3) is 0 Å². The summed E-state index contributed by atoms with van der Waals surface area (Å²) in [5.41, 5.74) is 5.07. The maximum atomic E-state index is 12.0. The number of carbonyl (C=O) groups excluding carboxylic acids is 1. The van der Waals surface area contributed by atoms with Gasteiger partial charge in [-0.15, -0.1) is 0 Å². The molecule has 25 heavy (non-hydrogen) atoms. The van der Waals surface area contributed by atoms with Gasteiger partial charge >= 0.3 is 5.97 Å². The number of aryl methyl sites for hydroxylation is 1. The van der Waals surface area contributed by atoms with E-state index in [0.29, 0.717) is 6.61 Å². The van der Waals surface area contributed by atoms with Crippen molar-refractivity contribution >= 4 is 22.4 Å². The van der Waals surface area contributed by atoms with Crippen LogP contribution in [0.25, 0.3) is 16.5 Å². The SMILES string of the molecule is CC.CCOC(=O)/C=C(/c1ccccc1)c1ccc2[nH]c(C)cc2c1. The molecule has 0 amide bonds. The number of hydrogen-bond donors (Lipinski definition) is 1. The number of esters is 1. The van der Waals surface area contributed by atoms with Crippen molar-refractivity contribution in [2.75, 3.05) is 6.61 Å². The topological polar surface area (TPSA) is 42.1 Å². The summed E-state index contributed by atoms with van der Waals surface area (Å²) in [6.45, 7) is 8.21. The molecule has 3 nitrogen and oxygen atoms in total. The molecule has 0 spiro atoms. The number of fused-ring (bicyclic) bond motifs is 1. The number of carbonyl (C=O) groups is 1. The molecule has 2 aromatic carbocycles. The van der Waals surface area contributed by atoms with E-state index >= 15 is 0 Å². The van der Waals surface area contributed by atoms with Gasteiger partial charge in [0.1, 0.15) is 0 Å². The van der Waals surface area contributed by atoms with E-state index in [4.69, 9.17) is 4.74 Å². The van der Waals surface area contributed by atoms with Gasteiger partial charge in [-0.2, -0.15) is 0 Å². The first-order chi connectivity index (χ1) is 12.2. The maximum Gasteiger partial charge on any atom is 0.331 e. The summed E-state index contributed by atoms with van der Waals surface area (Å²) < 4.78 is 5.09. The van der Waals surface area contributed by atoms with Crippen LogP contribution in [0.5, 0.6) is 0 Å². The molecule has 0 unspecified atom stereocenters. The van der Waals surface area contributed by atoms with E-state index in [0.717, 1.165) is 33.3 Å². The number of ether oxygens (including phenoxy) is 1. The summed E-state index contributed by atoms with van der Waals surface area (Å²) in [5.74, 6) is -0.323. The molecule has 0 aliphatic carbocycles. The zero-order valence-electron chi connectivity index (χ0n) is 15.3. The largest absolute Gasteiger partial charge is 0.463 e. The Morgan fingerprint density at radius 1 is 1.04 bits per heavy atom. The number of hydrogen-bond acceptors (Lipinski definition) is 2. The lowest BCUT2D eigenvalue weighted by atomic mass is 9.96. The standard InChI is InChI=1S/C20H19NO2.C2H6/c1-3-23-20(22)13-18(15-7-5-4-6-8-15)16-9-10-19-17(12-16)11-14(2)21-19;1-2/h4-13,21H,3H2,1-2H3;1-2H3/b18-13-;. The zero-order valence-corrected chi connectivity index (χ0v) is 15.3. The Labute approximate surface area is 149 Å². The molecule has 0 aliphatic rings. The molecule has 0 radical (unpaired) electrons. The molecule has 1 aromatic heterocycles. The summed E-state index contributed by atoms with van der Waals surface area (Å²) >= 11 is 0. The summed E-state index contributed by atoms with van der Waals surface area (Å²) in [4.78, 5) is 15.3. The van der Waals surface area contributed by atoms with Gasteiger partial charge in [-0.1, -0.05) is 50.2 Å². The lowest BCUT2D eigenvalue weighted by molar-refractivity contribution is -0.137. The first-order valence-electron chi connectivity index (χ1n) is 8.71. The minimum atomic E-state index is -0.323. The lowest BCUT2D eigenvalue weighted by Crippen LogP contribution is -2.01. The van der Waals surface area contributed by atoms with Gasteiger partial charge in [0.2, 0.25) is 0 Å². The van der Waals surface area contributed by atoms with Gasteiger partial charge < -0.3 is 9.72 Å². The average molecular weight is 335 g/mol. The molecule has 0 atom stereocenters. The third-order valence-electron chi connectivity index (χ3n) is 3.70. The van der Waals surface area contributed by atoms with Gasteiger partial charge in [-0.05, 0) is 48.7 Å². The van der Waals surface area contributed by atoms with E-state index in [-0.39, 0.29) is 5.97 Å². The van der Waals surface area contributed by atoms with Crippen LogP contribution in [0.2, 0.25) is 0 Å². The highest BCUT2D eigenvalue weighted by atomic mass is 16.5. The predicted octanol–water partition coefficient (Wildman–Crippen LogP) is 5.50. The van der Waals surface area contributed by atoms with Crippen LogP contribution >= 0.6 is 0 Å². The van der Waals surface area contributed by atoms with Crippen molar-refractivity contribution in [1.29, 1.82) is 0 Å². The quantitative estimate of drug-likeness (QED) is 0.505. The Kier molecular flexibility index (Phi) is 6.58. The van der Waals surface area contributed by atoms with Crippen LogP contribution in [0.4, 0.5) is 0 Å². The first-order valence-corrected chi connectivity index (χ1v) is 8.71. The normalized spacial score (nSPS) is 11.0. The summed E-state index contributed by atoms with van der Waals surface area (Å²) in [6.07, 6.45) is 1.57. The highest BCUT2D eigenvalue weighted by molar-refractivity contribution is 5.98. The Hall–Kier alpha value is -2.81. The van der Waals surface area contributed by atoms with Gasteiger partial charge in [-0.3, -0.25) is 0 Å². The van der Waals surface area contributed by atoms with Gasteiger partial charge in [-0.25, -0.2) is 4.79 Å². The number of H-pyrrole nitrogens is 1. The highest BCUT2D eigenvalue weighted by Gasteiger charge is 2.10. The van der Waals surface area contributed by atoms with E-state index in [2.05, 4.69) is 17.1 Å². The van der Waals surface area contributed by atoms with Crippen molar-refractivity contribution in [2.24, 2.45) is 0 Å². The second kappa shape index (κ2) is 8.88. The molecule has 0 bridgehead atoms. The molecule has 0 aliphatic heterocycles. The maximum absolute atomic E-state index is 12.0. The van der Waals surface area contributed by atoms with Crippen LogP contribution in [-0.2, 0) is 9.53 Å². The summed E-state index contributed by atoms with van der Waals surface area (Å²) in [5, 5.41) is 1.13. The fraction of sp³-hybridized carbons (Fsp3) is 0.227. The average Bonchev–Trinajstić information content (AvgIpc) is 3.01. The van der Waals surface area contributed by atoms with E-state index in [9.17, 15) is 4.79 Å². The fourth-order valence-corrected chi connectivity index (χ4v) is 2.70. The second-order valence-electron chi connectivity index (χ2n) is 5.43. The molecule has 3 heteroatoms. The van der Waals surface area contributed by atoms with Crippen molar-refractivity contribution in [2.45, 2.75) is 27.7 Å². The van der Waals surface area contributed by atoms with Gasteiger partial charge in [0, 0.05) is 22.7 Å². The van der Waals surface area contributed by atoms with Crippen LogP contribution in [0.1, 0.15) is 37.6 Å². The van der Waals surface area contributed by atoms with E-state index in [1.165, 1.54) is 0 Å². The van der Waals surface area contributed by atoms with Crippen LogP contribution in [0.15, 0.2) is 60.7 Å². The highest BCUT2D eigenvalue weighted by Crippen LogP contribution is 2.27. The molecule has 1 N–H and O–H groups in total. The molecule has 0 fully saturated rings. The van der Waals surface area contributed by atoms with E-state index in [1.54, 1.807) is 6.08 Å². The van der Waals surface area contributed by atoms with Crippen molar-refractivity contribution < 1.29 is 9.53 Å². The predicted molar refractivity (Wildman–Crippen MR) is 105 cm³/mol. The third-order valence-corrected chi connectivity index (χ3v) is 3.70. The van der Waals surface area contributed by atoms with Crippen molar-refractivity contribution in [3.8, 4) is 0 Å². The van der Waals surface area contributed by atoms with Crippen LogP contribution in [-0.4, -0.2) is 17.6 Å². The Morgan fingerprint density at radius 2 is 1.76 bits per heavy atom. The van der Waals surface area contributed by atoms with Crippen LogP contribution in [0.3, 0.4) is 0 Å². The number of nitrogens with one attached hydrogen (secondary N) is 1. The zero-order chi connectivity index (χ0) is 18.2. The van der Waals surface area contributed by atoms with Gasteiger partial charge in [0.15, 0.2) is 0 Å². The third kappa shape index (κ3) is 4.60. The minimum Gasteiger partial charge on any atom is -0.463 e. The van der Waals surface area contributed by atoms with Crippen molar-refractivity contribution in [3.63, 3.8) is 0 Å². The smallest absolute Gasteiger partial charge is 0.331 e. The minimum absolute atomic E-state index is 0.323. The Morgan fingerprint density at radius 3 is 2.44 bits per heavy atom. The number of aromatic nitrogens is 1. The lowest BCUT2D eigenvalue weighted by Gasteiger charge is -2.09. The van der Waals surface area contributed by atoms with Crippen molar-refractivity contribution in [1.82, 2.24) is 4.98 Å².